The molecule has 1 aromatic rings. The summed E-state index contributed by atoms with van der Waals surface area (Å²) in [5.41, 5.74) is 5.79. The van der Waals surface area contributed by atoms with Gasteiger partial charge in [0.15, 0.2) is 11.6 Å². The predicted octanol–water partition coefficient (Wildman–Crippen LogP) is 2.22. The average Bonchev–Trinajstić information content (AvgIpc) is 2.57. The van der Waals surface area contributed by atoms with Crippen LogP contribution in [0.15, 0.2) is 18.2 Å². The van der Waals surface area contributed by atoms with E-state index in [0.29, 0.717) is 0 Å². The maximum Gasteiger partial charge on any atom is 0.167 e. The highest BCUT2D eigenvalue weighted by atomic mass is 19.1. The van der Waals surface area contributed by atoms with E-state index < -0.39 is 11.6 Å². The van der Waals surface area contributed by atoms with E-state index in [1.165, 1.54) is 12.1 Å². The third kappa shape index (κ3) is 2.26. The molecule has 1 saturated carbocycles. The van der Waals surface area contributed by atoms with Crippen molar-refractivity contribution >= 4 is 0 Å². The van der Waals surface area contributed by atoms with E-state index in [1.54, 1.807) is 0 Å². The Morgan fingerprint density at radius 3 is 2.67 bits per heavy atom. The molecule has 0 heterocycles. The van der Waals surface area contributed by atoms with Crippen molar-refractivity contribution in [3.8, 4) is 5.75 Å². The normalized spacial score (nSPS) is 25.5. The maximum atomic E-state index is 13.2. The standard InChI is InChI=1S/C11H13F2NO/c12-7-4-5-10(8(13)6-7)15-11-3-1-2-9(11)14/h4-6,9,11H,1-3,14H2. The molecule has 4 heteroatoms. The zero-order valence-corrected chi connectivity index (χ0v) is 8.25. The van der Waals surface area contributed by atoms with Crippen LogP contribution in [0.4, 0.5) is 8.78 Å². The first-order valence-electron chi connectivity index (χ1n) is 5.04. The molecule has 1 aromatic carbocycles. The van der Waals surface area contributed by atoms with E-state index in [0.717, 1.165) is 25.3 Å². The molecule has 0 amide bonds. The lowest BCUT2D eigenvalue weighted by atomic mass is 10.2. The zero-order valence-electron chi connectivity index (χ0n) is 8.25. The quantitative estimate of drug-likeness (QED) is 0.817. The fourth-order valence-electron chi connectivity index (χ4n) is 1.83. The van der Waals surface area contributed by atoms with Gasteiger partial charge in [0, 0.05) is 12.1 Å². The van der Waals surface area contributed by atoms with Gasteiger partial charge in [-0.3, -0.25) is 0 Å². The first-order valence-corrected chi connectivity index (χ1v) is 5.04. The van der Waals surface area contributed by atoms with Crippen LogP contribution in [0.1, 0.15) is 19.3 Å². The second kappa shape index (κ2) is 4.14. The van der Waals surface area contributed by atoms with Gasteiger partial charge in [0.1, 0.15) is 11.9 Å². The summed E-state index contributed by atoms with van der Waals surface area (Å²) in [6.07, 6.45) is 2.57. The molecule has 15 heavy (non-hydrogen) atoms. The number of nitrogens with two attached hydrogens (primary N) is 1. The van der Waals surface area contributed by atoms with Crippen LogP contribution in [0, 0.1) is 11.6 Å². The minimum Gasteiger partial charge on any atom is -0.486 e. The molecule has 1 fully saturated rings. The van der Waals surface area contributed by atoms with Crippen molar-refractivity contribution in [2.75, 3.05) is 0 Å². The van der Waals surface area contributed by atoms with Crippen LogP contribution >= 0.6 is 0 Å². The number of halogens is 2. The van der Waals surface area contributed by atoms with Crippen LogP contribution in [0.25, 0.3) is 0 Å². The van der Waals surface area contributed by atoms with Gasteiger partial charge in [-0.25, -0.2) is 8.78 Å². The second-order valence-electron chi connectivity index (χ2n) is 3.83. The van der Waals surface area contributed by atoms with Gasteiger partial charge < -0.3 is 10.5 Å². The fourth-order valence-corrected chi connectivity index (χ4v) is 1.83. The van der Waals surface area contributed by atoms with Gasteiger partial charge in [-0.05, 0) is 31.4 Å². The van der Waals surface area contributed by atoms with Gasteiger partial charge in [0.2, 0.25) is 0 Å². The van der Waals surface area contributed by atoms with Crippen LogP contribution < -0.4 is 10.5 Å². The third-order valence-electron chi connectivity index (χ3n) is 2.68. The van der Waals surface area contributed by atoms with E-state index in [9.17, 15) is 8.78 Å². The summed E-state index contributed by atoms with van der Waals surface area (Å²) in [5, 5.41) is 0. The lowest BCUT2D eigenvalue weighted by Gasteiger charge is -2.18. The molecule has 2 atom stereocenters. The molecule has 0 saturated heterocycles. The number of benzene rings is 1. The molecule has 1 aliphatic carbocycles. The molecule has 82 valence electrons. The van der Waals surface area contributed by atoms with Crippen molar-refractivity contribution in [1.82, 2.24) is 0 Å². The van der Waals surface area contributed by atoms with Crippen LogP contribution in [-0.4, -0.2) is 12.1 Å². The Morgan fingerprint density at radius 2 is 2.07 bits per heavy atom. The lowest BCUT2D eigenvalue weighted by Crippen LogP contribution is -2.33. The zero-order chi connectivity index (χ0) is 10.8. The van der Waals surface area contributed by atoms with Gasteiger partial charge in [-0.15, -0.1) is 0 Å². The molecule has 2 unspecified atom stereocenters. The first kappa shape index (κ1) is 10.4. The van der Waals surface area contributed by atoms with Gasteiger partial charge in [-0.1, -0.05) is 0 Å². The minimum absolute atomic E-state index is 0.0468. The number of ether oxygens (including phenoxy) is 1. The number of hydrogen-bond acceptors (Lipinski definition) is 2. The van der Waals surface area contributed by atoms with E-state index in [-0.39, 0.29) is 17.9 Å². The van der Waals surface area contributed by atoms with E-state index in [4.69, 9.17) is 10.5 Å². The molecular formula is C11H13F2NO. The summed E-state index contributed by atoms with van der Waals surface area (Å²) in [6.45, 7) is 0. The Morgan fingerprint density at radius 1 is 1.27 bits per heavy atom. The maximum absolute atomic E-state index is 13.2. The molecule has 2 nitrogen and oxygen atoms in total. The highest BCUT2D eigenvalue weighted by Gasteiger charge is 2.26. The summed E-state index contributed by atoms with van der Waals surface area (Å²) < 4.78 is 31.2. The summed E-state index contributed by atoms with van der Waals surface area (Å²) in [6, 6.07) is 3.25. The molecular weight excluding hydrogens is 200 g/mol. The van der Waals surface area contributed by atoms with Gasteiger partial charge in [0.05, 0.1) is 0 Å². The first-order chi connectivity index (χ1) is 7.16. The Balaban J connectivity index is 2.10. The second-order valence-corrected chi connectivity index (χ2v) is 3.83. The highest BCUT2D eigenvalue weighted by Crippen LogP contribution is 2.25. The Hall–Kier alpha value is -1.16. The lowest BCUT2D eigenvalue weighted by molar-refractivity contribution is 0.183. The van der Waals surface area contributed by atoms with Crippen molar-refractivity contribution in [3.05, 3.63) is 29.8 Å². The fraction of sp³-hybridized carbons (Fsp3) is 0.455. The molecule has 0 aromatic heterocycles. The average molecular weight is 213 g/mol. The molecule has 1 aliphatic rings. The smallest absolute Gasteiger partial charge is 0.167 e. The monoisotopic (exact) mass is 213 g/mol. The topological polar surface area (TPSA) is 35.2 Å². The number of rotatable bonds is 2. The molecule has 0 radical (unpaired) electrons. The van der Waals surface area contributed by atoms with Crippen molar-refractivity contribution in [2.24, 2.45) is 5.73 Å². The molecule has 2 rings (SSSR count). The van der Waals surface area contributed by atoms with Gasteiger partial charge in [0.25, 0.3) is 0 Å². The van der Waals surface area contributed by atoms with E-state index in [2.05, 4.69) is 0 Å². The number of hydrogen-bond donors (Lipinski definition) is 1. The van der Waals surface area contributed by atoms with Gasteiger partial charge >= 0.3 is 0 Å². The Bertz CT molecular complexity index is 356. The molecule has 2 N–H and O–H groups in total. The van der Waals surface area contributed by atoms with Crippen molar-refractivity contribution in [1.29, 1.82) is 0 Å². The molecule has 0 spiro atoms. The van der Waals surface area contributed by atoms with E-state index >= 15 is 0 Å². The summed E-state index contributed by atoms with van der Waals surface area (Å²) in [4.78, 5) is 0. The summed E-state index contributed by atoms with van der Waals surface area (Å²) in [5.74, 6) is -1.19. The van der Waals surface area contributed by atoms with Crippen LogP contribution in [0.3, 0.4) is 0 Å². The SMILES string of the molecule is NC1CCCC1Oc1ccc(F)cc1F. The Labute approximate surface area is 87.0 Å². The summed E-state index contributed by atoms with van der Waals surface area (Å²) >= 11 is 0. The van der Waals surface area contributed by atoms with Crippen LogP contribution in [0.5, 0.6) is 5.75 Å². The van der Waals surface area contributed by atoms with Crippen molar-refractivity contribution < 1.29 is 13.5 Å². The molecule has 0 bridgehead atoms. The minimum atomic E-state index is -0.672. The van der Waals surface area contributed by atoms with Crippen molar-refractivity contribution in [3.63, 3.8) is 0 Å². The largest absolute Gasteiger partial charge is 0.486 e. The van der Waals surface area contributed by atoms with Gasteiger partial charge in [-0.2, -0.15) is 0 Å². The van der Waals surface area contributed by atoms with Crippen molar-refractivity contribution in [2.45, 2.75) is 31.4 Å². The highest BCUT2D eigenvalue weighted by molar-refractivity contribution is 5.25. The third-order valence-corrected chi connectivity index (χ3v) is 2.68. The van der Waals surface area contributed by atoms with E-state index in [1.807, 2.05) is 0 Å². The predicted molar refractivity (Wildman–Crippen MR) is 52.6 cm³/mol. The van der Waals surface area contributed by atoms with Crippen LogP contribution in [-0.2, 0) is 0 Å². The summed E-state index contributed by atoms with van der Waals surface area (Å²) in [7, 11) is 0. The van der Waals surface area contributed by atoms with Crippen LogP contribution in [0.2, 0.25) is 0 Å². The molecule has 0 aliphatic heterocycles. The Kier molecular flexibility index (Phi) is 2.86.